The van der Waals surface area contributed by atoms with E-state index >= 15 is 0 Å². The fraction of sp³-hybridized carbons (Fsp3) is 0.286. The van der Waals surface area contributed by atoms with Crippen LogP contribution in [0.25, 0.3) is 0 Å². The van der Waals surface area contributed by atoms with Crippen LogP contribution in [0.15, 0.2) is 40.4 Å². The third-order valence-electron chi connectivity index (χ3n) is 2.56. The predicted octanol–water partition coefficient (Wildman–Crippen LogP) is 4.00. The average Bonchev–Trinajstić information content (AvgIpc) is 2.72. The molecular weight excluding hydrogens is 241 g/mol. The van der Waals surface area contributed by atoms with Gasteiger partial charge in [-0.15, -0.1) is 0 Å². The topological polar surface area (TPSA) is 13.1 Å². The van der Waals surface area contributed by atoms with Gasteiger partial charge < -0.3 is 4.42 Å². The van der Waals surface area contributed by atoms with E-state index < -0.39 is 12.1 Å². The molecule has 2 rings (SSSR count). The third kappa shape index (κ3) is 3.07. The van der Waals surface area contributed by atoms with Gasteiger partial charge in [-0.3, -0.25) is 0 Å². The minimum Gasteiger partial charge on any atom is -0.453 e. The minimum atomic E-state index is -4.21. The molecule has 1 aliphatic rings. The zero-order chi connectivity index (χ0) is 13.2. The van der Waals surface area contributed by atoms with Crippen LogP contribution in [0.5, 0.6) is 0 Å². The Morgan fingerprint density at radius 2 is 2.06 bits per heavy atom. The first kappa shape index (κ1) is 12.6. The summed E-state index contributed by atoms with van der Waals surface area (Å²) < 4.78 is 42.8. The first-order chi connectivity index (χ1) is 8.45. The van der Waals surface area contributed by atoms with Gasteiger partial charge in [-0.25, -0.2) is 0 Å². The summed E-state index contributed by atoms with van der Waals surface area (Å²) in [7, 11) is 0. The highest BCUT2D eigenvalue weighted by Crippen LogP contribution is 2.33. The molecule has 1 nitrogen and oxygen atoms in total. The van der Waals surface area contributed by atoms with Gasteiger partial charge in [0.25, 0.3) is 0 Å². The summed E-state index contributed by atoms with van der Waals surface area (Å²) in [5, 5.41) is 0. The molecule has 1 unspecified atom stereocenters. The van der Waals surface area contributed by atoms with Crippen molar-refractivity contribution in [2.45, 2.75) is 19.5 Å². The molecule has 1 aliphatic carbocycles. The Balaban J connectivity index is 2.17. The Morgan fingerprint density at radius 3 is 2.67 bits per heavy atom. The Bertz CT molecular complexity index is 550. The molecule has 1 atom stereocenters. The van der Waals surface area contributed by atoms with Crippen molar-refractivity contribution in [2.24, 2.45) is 5.92 Å². The van der Waals surface area contributed by atoms with E-state index in [0.717, 1.165) is 11.8 Å². The zero-order valence-electron chi connectivity index (χ0n) is 9.71. The van der Waals surface area contributed by atoms with E-state index in [2.05, 4.69) is 11.8 Å². The second-order valence-electron chi connectivity index (χ2n) is 4.07. The fourth-order valence-electron chi connectivity index (χ4n) is 1.63. The molecule has 4 heteroatoms. The van der Waals surface area contributed by atoms with Gasteiger partial charge in [0.05, 0.1) is 5.92 Å². The van der Waals surface area contributed by atoms with Gasteiger partial charge in [-0.1, -0.05) is 24.1 Å². The molecule has 0 aliphatic heterocycles. The van der Waals surface area contributed by atoms with Crippen molar-refractivity contribution in [3.05, 3.63) is 47.5 Å². The van der Waals surface area contributed by atoms with E-state index in [9.17, 15) is 13.2 Å². The van der Waals surface area contributed by atoms with Crippen LogP contribution in [-0.4, -0.2) is 6.18 Å². The summed E-state index contributed by atoms with van der Waals surface area (Å²) in [5.41, 5.74) is 0.373. The number of alkyl halides is 3. The van der Waals surface area contributed by atoms with Crippen molar-refractivity contribution in [1.82, 2.24) is 0 Å². The molecule has 0 saturated carbocycles. The molecule has 0 spiro atoms. The average molecular weight is 252 g/mol. The molecule has 0 bridgehead atoms. The number of hydrogen-bond acceptors (Lipinski definition) is 1. The monoisotopic (exact) mass is 252 g/mol. The fourth-order valence-corrected chi connectivity index (χ4v) is 1.63. The summed E-state index contributed by atoms with van der Waals surface area (Å²) in [4.78, 5) is 0. The molecule has 1 aromatic rings. The normalized spacial score (nSPS) is 19.1. The van der Waals surface area contributed by atoms with Crippen LogP contribution in [0, 0.1) is 24.7 Å². The zero-order valence-corrected chi connectivity index (χ0v) is 9.71. The van der Waals surface area contributed by atoms with Crippen molar-refractivity contribution >= 4 is 0 Å². The van der Waals surface area contributed by atoms with E-state index in [4.69, 9.17) is 4.42 Å². The Hall–Kier alpha value is -1.89. The summed E-state index contributed by atoms with van der Waals surface area (Å²) in [6.45, 7) is 1.78. The highest BCUT2D eigenvalue weighted by Gasteiger charge is 2.37. The van der Waals surface area contributed by atoms with Gasteiger partial charge in [0, 0.05) is 5.57 Å². The molecule has 0 saturated heterocycles. The van der Waals surface area contributed by atoms with E-state index in [-0.39, 0.29) is 6.42 Å². The first-order valence-corrected chi connectivity index (χ1v) is 5.49. The third-order valence-corrected chi connectivity index (χ3v) is 2.56. The number of halogens is 3. The van der Waals surface area contributed by atoms with Crippen LogP contribution in [0.2, 0.25) is 0 Å². The molecule has 1 aromatic heterocycles. The lowest BCUT2D eigenvalue weighted by atomic mass is 9.96. The van der Waals surface area contributed by atoms with Crippen LogP contribution in [-0.2, 0) is 0 Å². The molecule has 1 heterocycles. The Kier molecular flexibility index (Phi) is 3.33. The van der Waals surface area contributed by atoms with Crippen LogP contribution in [0.1, 0.15) is 17.9 Å². The number of rotatable bonds is 0. The van der Waals surface area contributed by atoms with Crippen molar-refractivity contribution in [3.8, 4) is 11.8 Å². The van der Waals surface area contributed by atoms with Gasteiger partial charge in [0.2, 0.25) is 0 Å². The van der Waals surface area contributed by atoms with E-state index in [0.29, 0.717) is 11.3 Å². The lowest BCUT2D eigenvalue weighted by Gasteiger charge is -2.17. The van der Waals surface area contributed by atoms with Gasteiger partial charge in [-0.2, -0.15) is 13.2 Å². The van der Waals surface area contributed by atoms with Crippen molar-refractivity contribution in [1.29, 1.82) is 0 Å². The quantitative estimate of drug-likeness (QED) is 0.636. The van der Waals surface area contributed by atoms with E-state index in [1.165, 1.54) is 6.08 Å². The second-order valence-corrected chi connectivity index (χ2v) is 4.07. The molecule has 94 valence electrons. The van der Waals surface area contributed by atoms with Crippen LogP contribution in [0.4, 0.5) is 13.2 Å². The molecule has 0 N–H and O–H groups in total. The first-order valence-electron chi connectivity index (χ1n) is 5.49. The maximum Gasteiger partial charge on any atom is 0.395 e. The summed E-state index contributed by atoms with van der Waals surface area (Å²) >= 11 is 0. The summed E-state index contributed by atoms with van der Waals surface area (Å²) in [6, 6.07) is 3.45. The predicted molar refractivity (Wildman–Crippen MR) is 61.7 cm³/mol. The summed E-state index contributed by atoms with van der Waals surface area (Å²) in [6.07, 6.45) is 0.0247. The van der Waals surface area contributed by atoms with Crippen molar-refractivity contribution < 1.29 is 17.6 Å². The number of allylic oxidation sites excluding steroid dienone is 4. The van der Waals surface area contributed by atoms with Crippen LogP contribution in [0.3, 0.4) is 0 Å². The smallest absolute Gasteiger partial charge is 0.395 e. The lowest BCUT2D eigenvalue weighted by Crippen LogP contribution is -2.21. The van der Waals surface area contributed by atoms with Gasteiger partial charge in [0.1, 0.15) is 5.76 Å². The highest BCUT2D eigenvalue weighted by molar-refractivity contribution is 5.44. The largest absolute Gasteiger partial charge is 0.453 e. The lowest BCUT2D eigenvalue weighted by molar-refractivity contribution is -0.160. The maximum absolute atomic E-state index is 12.5. The van der Waals surface area contributed by atoms with Gasteiger partial charge in [-0.05, 0) is 31.4 Å². The van der Waals surface area contributed by atoms with Crippen molar-refractivity contribution in [3.63, 3.8) is 0 Å². The van der Waals surface area contributed by atoms with Crippen molar-refractivity contribution in [2.75, 3.05) is 0 Å². The molecular formula is C14H11F3O. The maximum atomic E-state index is 12.5. The van der Waals surface area contributed by atoms with Gasteiger partial charge >= 0.3 is 6.18 Å². The number of aryl methyl sites for hydroxylation is 1. The standard InChI is InChI=1S/C14H11F3O/c1-10-5-7-13(18-10)8-6-11-3-2-4-12(9-11)14(15,16)17/h2-3,5,7,9,12H,4H2,1H3. The Morgan fingerprint density at radius 1 is 1.28 bits per heavy atom. The summed E-state index contributed by atoms with van der Waals surface area (Å²) in [5.74, 6) is 5.13. The molecule has 0 amide bonds. The van der Waals surface area contributed by atoms with Crippen LogP contribution >= 0.6 is 0 Å². The number of hydrogen-bond donors (Lipinski definition) is 0. The Labute approximate surface area is 103 Å². The van der Waals surface area contributed by atoms with E-state index in [1.807, 2.05) is 0 Å². The molecule has 0 radical (unpaired) electrons. The number of furan rings is 1. The minimum absolute atomic E-state index is 0.0193. The van der Waals surface area contributed by atoms with Gasteiger partial charge in [0.15, 0.2) is 5.76 Å². The molecule has 0 fully saturated rings. The SMILES string of the molecule is Cc1ccc(C#CC2=CC(C(F)(F)F)CC=C2)o1. The molecule has 18 heavy (non-hydrogen) atoms. The van der Waals surface area contributed by atoms with Crippen LogP contribution < -0.4 is 0 Å². The molecule has 0 aromatic carbocycles. The second kappa shape index (κ2) is 4.77. The highest BCUT2D eigenvalue weighted by atomic mass is 19.4. The van der Waals surface area contributed by atoms with E-state index in [1.54, 1.807) is 25.1 Å².